The van der Waals surface area contributed by atoms with Crippen molar-refractivity contribution in [2.75, 3.05) is 6.26 Å². The third-order valence-electron chi connectivity index (χ3n) is 3.39. The molecule has 2 aromatic carbocycles. The van der Waals surface area contributed by atoms with Gasteiger partial charge in [0.15, 0.2) is 16.2 Å². The van der Waals surface area contributed by atoms with Gasteiger partial charge in [-0.05, 0) is 24.3 Å². The molecule has 0 radical (unpaired) electrons. The fourth-order valence-electron chi connectivity index (χ4n) is 2.18. The highest BCUT2D eigenvalue weighted by molar-refractivity contribution is 7.95. The summed E-state index contributed by atoms with van der Waals surface area (Å²) in [4.78, 5) is 31.5. The Bertz CT molecular complexity index is 819. The van der Waals surface area contributed by atoms with Crippen molar-refractivity contribution in [1.82, 2.24) is 0 Å². The number of phenolic OH excluding ortho intramolecular Hbond substituents is 1. The van der Waals surface area contributed by atoms with E-state index in [0.29, 0.717) is 0 Å². The van der Waals surface area contributed by atoms with Crippen molar-refractivity contribution in [3.63, 3.8) is 0 Å². The highest BCUT2D eigenvalue weighted by Gasteiger charge is 2.34. The second-order valence-corrected chi connectivity index (χ2v) is 7.04. The van der Waals surface area contributed by atoms with Gasteiger partial charge in [0.2, 0.25) is 0 Å². The minimum Gasteiger partial charge on any atom is -0.508 e. The van der Waals surface area contributed by atoms with Crippen LogP contribution in [0.3, 0.4) is 0 Å². The molecular weight excluding hydrogens is 354 g/mol. The van der Waals surface area contributed by atoms with Crippen molar-refractivity contribution in [2.45, 2.75) is 10.6 Å². The Morgan fingerprint density at radius 1 is 0.920 bits per heavy atom. The molecule has 0 fully saturated rings. The molecule has 10 nitrogen and oxygen atoms in total. The minimum absolute atomic E-state index is 0.0323. The molecule has 25 heavy (non-hydrogen) atoms. The number of hydrogen-bond acceptors (Lipinski definition) is 7. The maximum atomic E-state index is 11.3. The molecule has 0 aliphatic heterocycles. The zero-order chi connectivity index (χ0) is 18.7. The van der Waals surface area contributed by atoms with Gasteiger partial charge in [0, 0.05) is 10.9 Å². The van der Waals surface area contributed by atoms with Crippen LogP contribution >= 0.6 is 0 Å². The predicted octanol–water partition coefficient (Wildman–Crippen LogP) is 2.92. The summed E-state index contributed by atoms with van der Waals surface area (Å²) in [5.74, 6) is 0.0168. The number of nitro groups is 3. The molecule has 1 atom stereocenters. The Morgan fingerprint density at radius 3 is 1.80 bits per heavy atom. The van der Waals surface area contributed by atoms with Crippen LogP contribution in [0.5, 0.6) is 5.75 Å². The summed E-state index contributed by atoms with van der Waals surface area (Å²) in [6.45, 7) is 0. The lowest BCUT2D eigenvalue weighted by Crippen LogP contribution is -2.09. The van der Waals surface area contributed by atoms with E-state index >= 15 is 0 Å². The minimum atomic E-state index is -0.907. The van der Waals surface area contributed by atoms with Crippen LogP contribution in [0.15, 0.2) is 41.3 Å². The van der Waals surface area contributed by atoms with Gasteiger partial charge in [0.25, 0.3) is 17.1 Å². The molecular formula is C14H12N3O7S+. The SMILES string of the molecule is C[S+](Cc1c([N+](=O)[O-])cc([N+](=O)[O-])cc1[N+](=O)[O-])c1ccc(O)cc1. The third-order valence-corrected chi connectivity index (χ3v) is 5.19. The van der Waals surface area contributed by atoms with Gasteiger partial charge in [-0.3, -0.25) is 30.3 Å². The molecule has 130 valence electrons. The molecule has 0 saturated heterocycles. The summed E-state index contributed by atoms with van der Waals surface area (Å²) < 4.78 is 0. The lowest BCUT2D eigenvalue weighted by atomic mass is 10.1. The molecule has 11 heteroatoms. The lowest BCUT2D eigenvalue weighted by molar-refractivity contribution is -0.404. The standard InChI is InChI=1S/C14H11N3O7S/c1-25(11-4-2-10(18)3-5-11)8-12-13(16(21)22)6-9(15(19)20)7-14(12)17(23)24/h2-7H,8H2,1H3/p+1. The maximum absolute atomic E-state index is 11.3. The number of hydrogen-bond donors (Lipinski definition) is 1. The van der Waals surface area contributed by atoms with E-state index in [0.717, 1.165) is 17.0 Å². The van der Waals surface area contributed by atoms with Crippen LogP contribution in [0.1, 0.15) is 5.56 Å². The number of nitro benzene ring substituents is 3. The van der Waals surface area contributed by atoms with Crippen LogP contribution < -0.4 is 0 Å². The monoisotopic (exact) mass is 366 g/mol. The van der Waals surface area contributed by atoms with Gasteiger partial charge in [-0.2, -0.15) is 0 Å². The van der Waals surface area contributed by atoms with Crippen molar-refractivity contribution in [2.24, 2.45) is 0 Å². The Kier molecular flexibility index (Phi) is 5.17. The molecule has 0 saturated carbocycles. The Morgan fingerprint density at radius 2 is 1.40 bits per heavy atom. The number of nitrogens with zero attached hydrogens (tertiary/aromatic N) is 3. The van der Waals surface area contributed by atoms with Crippen molar-refractivity contribution in [3.05, 3.63) is 72.3 Å². The summed E-state index contributed by atoms with van der Waals surface area (Å²) in [7, 11) is -0.653. The van der Waals surface area contributed by atoms with Crippen LogP contribution in [0, 0.1) is 30.3 Å². The van der Waals surface area contributed by atoms with E-state index in [1.807, 2.05) is 0 Å². The zero-order valence-corrected chi connectivity index (χ0v) is 13.6. The van der Waals surface area contributed by atoms with Gasteiger partial charge in [-0.1, -0.05) is 0 Å². The predicted molar refractivity (Wildman–Crippen MR) is 89.8 cm³/mol. The van der Waals surface area contributed by atoms with Crippen molar-refractivity contribution in [1.29, 1.82) is 0 Å². The van der Waals surface area contributed by atoms with Gasteiger partial charge in [-0.15, -0.1) is 0 Å². The molecule has 0 aliphatic rings. The lowest BCUT2D eigenvalue weighted by Gasteiger charge is -2.06. The van der Waals surface area contributed by atoms with Gasteiger partial charge < -0.3 is 5.11 Å². The van der Waals surface area contributed by atoms with E-state index in [1.165, 1.54) is 12.1 Å². The molecule has 1 unspecified atom stereocenters. The first kappa shape index (κ1) is 18.1. The fraction of sp³-hybridized carbons (Fsp3) is 0.143. The number of rotatable bonds is 6. The van der Waals surface area contributed by atoms with E-state index in [1.54, 1.807) is 18.4 Å². The van der Waals surface area contributed by atoms with Crippen LogP contribution in [0.2, 0.25) is 0 Å². The molecule has 2 aromatic rings. The first-order chi connectivity index (χ1) is 11.7. The van der Waals surface area contributed by atoms with E-state index in [-0.39, 0.29) is 17.1 Å². The molecule has 0 aliphatic carbocycles. The zero-order valence-electron chi connectivity index (χ0n) is 12.8. The number of benzene rings is 2. The Hall–Kier alpha value is -3.21. The summed E-state index contributed by atoms with van der Waals surface area (Å²) in [5, 5.41) is 42.7. The highest BCUT2D eigenvalue weighted by atomic mass is 32.2. The molecule has 0 bridgehead atoms. The smallest absolute Gasteiger partial charge is 0.291 e. The number of aromatic hydroxyl groups is 1. The third kappa shape index (κ3) is 4.01. The second-order valence-electron chi connectivity index (χ2n) is 5.01. The van der Waals surface area contributed by atoms with Crippen LogP contribution in [-0.4, -0.2) is 26.1 Å². The molecule has 0 aromatic heterocycles. The van der Waals surface area contributed by atoms with Crippen LogP contribution in [0.4, 0.5) is 17.1 Å². The van der Waals surface area contributed by atoms with Gasteiger partial charge >= 0.3 is 0 Å². The first-order valence-corrected chi connectivity index (χ1v) is 8.52. The quantitative estimate of drug-likeness (QED) is 0.469. The average Bonchev–Trinajstić information content (AvgIpc) is 2.54. The second kappa shape index (κ2) is 7.13. The summed E-state index contributed by atoms with van der Waals surface area (Å²) >= 11 is 0. The van der Waals surface area contributed by atoms with Gasteiger partial charge in [-0.25, -0.2) is 0 Å². The number of non-ortho nitro benzene ring substituents is 1. The largest absolute Gasteiger partial charge is 0.508 e. The normalized spacial score (nSPS) is 11.7. The Balaban J connectivity index is 2.54. The highest BCUT2D eigenvalue weighted by Crippen LogP contribution is 2.36. The first-order valence-electron chi connectivity index (χ1n) is 6.72. The van der Waals surface area contributed by atoms with Crippen LogP contribution in [0.25, 0.3) is 0 Å². The van der Waals surface area contributed by atoms with Crippen molar-refractivity contribution >= 4 is 28.0 Å². The van der Waals surface area contributed by atoms with Gasteiger partial charge in [0.1, 0.15) is 12.0 Å². The molecule has 1 N–H and O–H groups in total. The van der Waals surface area contributed by atoms with E-state index < -0.39 is 42.7 Å². The number of phenols is 1. The van der Waals surface area contributed by atoms with Crippen molar-refractivity contribution in [3.8, 4) is 5.75 Å². The molecule has 0 spiro atoms. The van der Waals surface area contributed by atoms with Gasteiger partial charge in [0.05, 0.1) is 26.9 Å². The summed E-state index contributed by atoms with van der Waals surface area (Å²) in [6.07, 6.45) is 1.74. The Labute approximate surface area is 143 Å². The van der Waals surface area contributed by atoms with E-state index in [2.05, 4.69) is 0 Å². The summed E-state index contributed by atoms with van der Waals surface area (Å²) in [5.41, 5.74) is -2.18. The molecule has 0 amide bonds. The van der Waals surface area contributed by atoms with E-state index in [4.69, 9.17) is 0 Å². The average molecular weight is 366 g/mol. The van der Waals surface area contributed by atoms with Crippen molar-refractivity contribution < 1.29 is 19.9 Å². The van der Waals surface area contributed by atoms with Crippen LogP contribution in [-0.2, 0) is 16.6 Å². The molecule has 0 heterocycles. The maximum Gasteiger partial charge on any atom is 0.291 e. The fourth-order valence-corrected chi connectivity index (χ4v) is 3.68. The topological polar surface area (TPSA) is 150 Å². The molecule has 2 rings (SSSR count). The summed E-state index contributed by atoms with van der Waals surface area (Å²) in [6, 6.07) is 7.57. The van der Waals surface area contributed by atoms with E-state index in [9.17, 15) is 35.4 Å².